The van der Waals surface area contributed by atoms with Crippen molar-refractivity contribution >= 4 is 16.9 Å². The van der Waals surface area contributed by atoms with Gasteiger partial charge in [-0.25, -0.2) is 4.98 Å². The summed E-state index contributed by atoms with van der Waals surface area (Å²) in [4.78, 5) is 20.5. The molecule has 0 aliphatic heterocycles. The van der Waals surface area contributed by atoms with E-state index in [1.165, 1.54) is 11.4 Å². The number of H-pyrrole nitrogens is 1. The molecule has 0 fully saturated rings. The number of hydrogen-bond donors (Lipinski definition) is 2. The molecule has 1 amide bonds. The Morgan fingerprint density at radius 2 is 1.84 bits per heavy atom. The first-order valence-corrected chi connectivity index (χ1v) is 8.82. The molecule has 0 aliphatic carbocycles. The molecule has 0 radical (unpaired) electrons. The van der Waals surface area contributed by atoms with E-state index in [1.54, 1.807) is 0 Å². The van der Waals surface area contributed by atoms with E-state index in [2.05, 4.69) is 59.7 Å². The number of nitrogens with zero attached hydrogens (tertiary/aromatic N) is 2. The number of aryl methyl sites for hydroxylation is 2. The van der Waals surface area contributed by atoms with Gasteiger partial charge in [0.15, 0.2) is 0 Å². The molecule has 0 saturated carbocycles. The molecule has 0 bridgehead atoms. The van der Waals surface area contributed by atoms with Crippen molar-refractivity contribution in [2.75, 3.05) is 0 Å². The number of nitrogens with one attached hydrogen (secondary N) is 2. The number of aromatic amines is 1. The molecule has 0 saturated heterocycles. The van der Waals surface area contributed by atoms with Crippen LogP contribution >= 0.6 is 0 Å². The molecule has 1 aromatic carbocycles. The minimum atomic E-state index is -0.119. The average Bonchev–Trinajstić information content (AvgIpc) is 3.14. The van der Waals surface area contributed by atoms with E-state index in [0.717, 1.165) is 16.9 Å². The van der Waals surface area contributed by atoms with E-state index in [9.17, 15) is 4.79 Å². The average molecular weight is 338 g/mol. The number of amides is 1. The Balaban J connectivity index is 1.70. The Hall–Kier alpha value is -2.56. The van der Waals surface area contributed by atoms with Crippen LogP contribution in [0, 0.1) is 19.8 Å². The van der Waals surface area contributed by atoms with Gasteiger partial charge in [0.1, 0.15) is 5.82 Å². The zero-order valence-corrected chi connectivity index (χ0v) is 15.3. The van der Waals surface area contributed by atoms with Gasteiger partial charge in [-0.3, -0.25) is 4.79 Å². The Bertz CT molecular complexity index is 822. The van der Waals surface area contributed by atoms with Crippen LogP contribution in [-0.2, 0) is 11.3 Å². The minimum Gasteiger partial charge on any atom is -0.349 e. The van der Waals surface area contributed by atoms with Gasteiger partial charge in [0.2, 0.25) is 5.91 Å². The number of hydrogen-bond acceptors (Lipinski definition) is 2. The summed E-state index contributed by atoms with van der Waals surface area (Å²) in [7, 11) is 0. The smallest absolute Gasteiger partial charge is 0.222 e. The van der Waals surface area contributed by atoms with Gasteiger partial charge >= 0.3 is 0 Å². The predicted molar refractivity (Wildman–Crippen MR) is 100 cm³/mol. The number of carbonyl (C=O) groups is 1. The summed E-state index contributed by atoms with van der Waals surface area (Å²) in [5.74, 6) is 1.11. The predicted octanol–water partition coefficient (Wildman–Crippen LogP) is 3.88. The summed E-state index contributed by atoms with van der Waals surface area (Å²) in [6.45, 7) is 9.02. The molecule has 2 N–H and O–H groups in total. The number of rotatable bonds is 6. The van der Waals surface area contributed by atoms with Crippen molar-refractivity contribution in [3.05, 3.63) is 53.6 Å². The number of imidazole rings is 1. The third-order valence-corrected chi connectivity index (χ3v) is 4.67. The minimum absolute atomic E-state index is 0.0478. The van der Waals surface area contributed by atoms with Crippen LogP contribution in [0.4, 0.5) is 0 Å². The van der Waals surface area contributed by atoms with Gasteiger partial charge in [0, 0.05) is 24.4 Å². The molecule has 1 atom stereocenters. The SMILES string of the molecule is Cc1ccc(C)n1CCC(=O)N[C@@H](c1nc2ccccc2[nH]1)C(C)C. The maximum atomic E-state index is 12.5. The zero-order chi connectivity index (χ0) is 18.0. The molecule has 2 aromatic heterocycles. The van der Waals surface area contributed by atoms with E-state index < -0.39 is 0 Å². The topological polar surface area (TPSA) is 62.7 Å². The fraction of sp³-hybridized carbons (Fsp3) is 0.400. The molecular formula is C20H26N4O. The van der Waals surface area contributed by atoms with Gasteiger partial charge < -0.3 is 14.9 Å². The first-order chi connectivity index (χ1) is 12.0. The molecule has 5 nitrogen and oxygen atoms in total. The summed E-state index contributed by atoms with van der Waals surface area (Å²) >= 11 is 0. The first kappa shape index (κ1) is 17.3. The van der Waals surface area contributed by atoms with Crippen molar-refractivity contribution in [3.8, 4) is 0 Å². The van der Waals surface area contributed by atoms with E-state index in [4.69, 9.17) is 0 Å². The van der Waals surface area contributed by atoms with Crippen LogP contribution in [0.5, 0.6) is 0 Å². The highest BCUT2D eigenvalue weighted by atomic mass is 16.1. The molecule has 2 heterocycles. The summed E-state index contributed by atoms with van der Waals surface area (Å²) in [6.07, 6.45) is 0.458. The fourth-order valence-electron chi connectivity index (χ4n) is 3.18. The molecule has 5 heteroatoms. The first-order valence-electron chi connectivity index (χ1n) is 8.82. The van der Waals surface area contributed by atoms with Crippen molar-refractivity contribution in [1.29, 1.82) is 0 Å². The van der Waals surface area contributed by atoms with Crippen LogP contribution in [0.3, 0.4) is 0 Å². The van der Waals surface area contributed by atoms with Crippen LogP contribution in [0.2, 0.25) is 0 Å². The second-order valence-electron chi connectivity index (χ2n) is 6.95. The van der Waals surface area contributed by atoms with E-state index in [1.807, 2.05) is 24.3 Å². The van der Waals surface area contributed by atoms with Crippen LogP contribution in [0.15, 0.2) is 36.4 Å². The summed E-state index contributed by atoms with van der Waals surface area (Å²) < 4.78 is 2.17. The maximum Gasteiger partial charge on any atom is 0.222 e. The molecule has 3 rings (SSSR count). The van der Waals surface area contributed by atoms with Crippen LogP contribution in [0.25, 0.3) is 11.0 Å². The lowest BCUT2D eigenvalue weighted by Crippen LogP contribution is -2.33. The molecule has 25 heavy (non-hydrogen) atoms. The summed E-state index contributed by atoms with van der Waals surface area (Å²) in [5.41, 5.74) is 4.29. The van der Waals surface area contributed by atoms with E-state index >= 15 is 0 Å². The van der Waals surface area contributed by atoms with Crippen LogP contribution in [-0.4, -0.2) is 20.4 Å². The number of aromatic nitrogens is 3. The Kier molecular flexibility index (Phi) is 4.93. The largest absolute Gasteiger partial charge is 0.349 e. The fourth-order valence-corrected chi connectivity index (χ4v) is 3.18. The third kappa shape index (κ3) is 3.76. The highest BCUT2D eigenvalue weighted by Gasteiger charge is 2.21. The lowest BCUT2D eigenvalue weighted by atomic mass is 10.0. The lowest BCUT2D eigenvalue weighted by Gasteiger charge is -2.20. The van der Waals surface area contributed by atoms with Crippen molar-refractivity contribution in [2.24, 2.45) is 5.92 Å². The van der Waals surface area contributed by atoms with Gasteiger partial charge in [-0.15, -0.1) is 0 Å². The molecule has 132 valence electrons. The number of fused-ring (bicyclic) bond motifs is 1. The number of benzene rings is 1. The summed E-state index contributed by atoms with van der Waals surface area (Å²) in [5, 5.41) is 3.15. The van der Waals surface area contributed by atoms with Crippen molar-refractivity contribution in [3.63, 3.8) is 0 Å². The second kappa shape index (κ2) is 7.13. The Morgan fingerprint density at radius 1 is 1.16 bits per heavy atom. The number of carbonyl (C=O) groups excluding carboxylic acids is 1. The monoisotopic (exact) mass is 338 g/mol. The van der Waals surface area contributed by atoms with Gasteiger partial charge in [0.25, 0.3) is 0 Å². The maximum absolute atomic E-state index is 12.5. The van der Waals surface area contributed by atoms with Crippen LogP contribution in [0.1, 0.15) is 43.5 Å². The van der Waals surface area contributed by atoms with Gasteiger partial charge in [-0.2, -0.15) is 0 Å². The van der Waals surface area contributed by atoms with Gasteiger partial charge in [0.05, 0.1) is 17.1 Å². The molecule has 0 aliphatic rings. The molecule has 3 aromatic rings. The standard InChI is InChI=1S/C20H26N4O/c1-13(2)19(20-21-16-7-5-6-8-17(16)22-20)23-18(25)11-12-24-14(3)9-10-15(24)4/h5-10,13,19H,11-12H2,1-4H3,(H,21,22)(H,23,25)/t19-/m1/s1. The van der Waals surface area contributed by atoms with E-state index in [0.29, 0.717) is 13.0 Å². The van der Waals surface area contributed by atoms with Crippen molar-refractivity contribution < 1.29 is 4.79 Å². The van der Waals surface area contributed by atoms with Crippen molar-refractivity contribution in [2.45, 2.75) is 46.7 Å². The molecule has 0 unspecified atom stereocenters. The highest BCUT2D eigenvalue weighted by Crippen LogP contribution is 2.22. The molecular weight excluding hydrogens is 312 g/mol. The molecule has 0 spiro atoms. The summed E-state index contributed by atoms with van der Waals surface area (Å²) in [6, 6.07) is 12.0. The Morgan fingerprint density at radius 3 is 2.48 bits per heavy atom. The van der Waals surface area contributed by atoms with Crippen LogP contribution < -0.4 is 5.32 Å². The van der Waals surface area contributed by atoms with Gasteiger partial charge in [-0.05, 0) is 44.0 Å². The third-order valence-electron chi connectivity index (χ3n) is 4.67. The van der Waals surface area contributed by atoms with E-state index in [-0.39, 0.29) is 17.9 Å². The quantitative estimate of drug-likeness (QED) is 0.716. The van der Waals surface area contributed by atoms with Gasteiger partial charge in [-0.1, -0.05) is 26.0 Å². The Labute approximate surface area is 148 Å². The van der Waals surface area contributed by atoms with Crippen molar-refractivity contribution in [1.82, 2.24) is 19.9 Å². The zero-order valence-electron chi connectivity index (χ0n) is 15.3. The normalized spacial score (nSPS) is 12.7. The lowest BCUT2D eigenvalue weighted by molar-refractivity contribution is -0.122. The second-order valence-corrected chi connectivity index (χ2v) is 6.95. The number of para-hydroxylation sites is 2. The highest BCUT2D eigenvalue weighted by molar-refractivity contribution is 5.77.